The summed E-state index contributed by atoms with van der Waals surface area (Å²) in [5.41, 5.74) is 0. The molecule has 0 radical (unpaired) electrons. The molecule has 1 unspecified atom stereocenters. The molecule has 0 bridgehead atoms. The quantitative estimate of drug-likeness (QED) is 0.0373. The number of esters is 2. The van der Waals surface area contributed by atoms with Crippen LogP contribution < -0.4 is 0 Å². The Morgan fingerprint density at radius 2 is 0.580 bits per heavy atom. The predicted molar refractivity (Wildman–Crippen MR) is 302 cm³/mol. The molecule has 0 fully saturated rings. The summed E-state index contributed by atoms with van der Waals surface area (Å²) < 4.78 is 10.7. The maximum absolute atomic E-state index is 12.3. The first-order valence-corrected chi connectivity index (χ1v) is 31.0. The average Bonchev–Trinajstić information content (AvgIpc) is 3.35. The molecule has 0 aromatic heterocycles. The molecule has 0 aromatic rings. The number of hydrogen-bond donors (Lipinski definition) is 1. The van der Waals surface area contributed by atoms with Gasteiger partial charge in [0.15, 0.2) is 6.10 Å². The fourth-order valence-electron chi connectivity index (χ4n) is 9.47. The van der Waals surface area contributed by atoms with Gasteiger partial charge in [0, 0.05) is 12.8 Å². The normalized spacial score (nSPS) is 12.3. The number of allylic oxidation sites excluding steroid dienone is 6. The average molecular weight is 970 g/mol. The number of ether oxygens (including phenoxy) is 2. The molecule has 0 saturated carbocycles. The molecule has 0 heterocycles. The number of unbranched alkanes of at least 4 members (excludes halogenated alkanes) is 44. The van der Waals surface area contributed by atoms with Gasteiger partial charge in [-0.2, -0.15) is 0 Å². The third-order valence-corrected chi connectivity index (χ3v) is 14.2. The Morgan fingerprint density at radius 3 is 0.870 bits per heavy atom. The van der Waals surface area contributed by atoms with Gasteiger partial charge < -0.3 is 14.6 Å². The number of carbonyl (C=O) groups is 2. The molecule has 0 aliphatic rings. The molecule has 0 saturated heterocycles. The van der Waals surface area contributed by atoms with Crippen LogP contribution in [0.25, 0.3) is 0 Å². The topological polar surface area (TPSA) is 72.8 Å². The second-order valence-electron chi connectivity index (χ2n) is 21.1. The zero-order chi connectivity index (χ0) is 49.9. The van der Waals surface area contributed by atoms with Crippen molar-refractivity contribution in [1.29, 1.82) is 0 Å². The molecule has 0 rings (SSSR count). The smallest absolute Gasteiger partial charge is 0.306 e. The first kappa shape index (κ1) is 67.1. The molecule has 406 valence electrons. The molecule has 5 heteroatoms. The SMILES string of the molecule is CCCCCCC/C=C\C/C=C\CCCCCCCCCCCCCCCCCCCCCCCCCCCC(=O)OC(CO)COC(=O)CCCCCCCCC/C=C\CCCCCCCCC. The second-order valence-corrected chi connectivity index (χ2v) is 21.1. The molecule has 0 aliphatic carbocycles. The maximum Gasteiger partial charge on any atom is 0.306 e. The summed E-state index contributed by atoms with van der Waals surface area (Å²) in [6.07, 6.45) is 78.7. The van der Waals surface area contributed by atoms with E-state index in [4.69, 9.17) is 9.47 Å². The van der Waals surface area contributed by atoms with Crippen LogP contribution in [0.15, 0.2) is 36.5 Å². The second kappa shape index (κ2) is 60.4. The lowest BCUT2D eigenvalue weighted by Gasteiger charge is -2.15. The van der Waals surface area contributed by atoms with E-state index in [9.17, 15) is 14.7 Å². The van der Waals surface area contributed by atoms with E-state index in [-0.39, 0.29) is 25.2 Å². The minimum absolute atomic E-state index is 0.0630. The van der Waals surface area contributed by atoms with E-state index >= 15 is 0 Å². The van der Waals surface area contributed by atoms with Crippen LogP contribution in [-0.2, 0) is 19.1 Å². The fourth-order valence-corrected chi connectivity index (χ4v) is 9.47. The van der Waals surface area contributed by atoms with E-state index in [1.54, 1.807) is 0 Å². The van der Waals surface area contributed by atoms with Crippen LogP contribution in [0.2, 0.25) is 0 Å². The molecule has 5 nitrogen and oxygen atoms in total. The van der Waals surface area contributed by atoms with Gasteiger partial charge in [-0.1, -0.05) is 294 Å². The van der Waals surface area contributed by atoms with E-state index in [0.29, 0.717) is 12.8 Å². The van der Waals surface area contributed by atoms with E-state index in [1.165, 1.54) is 270 Å². The molecule has 0 spiro atoms. The van der Waals surface area contributed by atoms with Crippen molar-refractivity contribution in [2.24, 2.45) is 0 Å². The first-order valence-electron chi connectivity index (χ1n) is 31.0. The minimum atomic E-state index is -0.771. The Morgan fingerprint density at radius 1 is 0.333 bits per heavy atom. The Hall–Kier alpha value is -1.88. The van der Waals surface area contributed by atoms with E-state index in [1.807, 2.05) is 0 Å². The van der Waals surface area contributed by atoms with Crippen molar-refractivity contribution in [3.8, 4) is 0 Å². The van der Waals surface area contributed by atoms with Crippen molar-refractivity contribution in [3.63, 3.8) is 0 Å². The lowest BCUT2D eigenvalue weighted by Crippen LogP contribution is -2.28. The Balaban J connectivity index is 3.38. The summed E-state index contributed by atoms with van der Waals surface area (Å²) in [6.45, 7) is 4.17. The van der Waals surface area contributed by atoms with E-state index in [2.05, 4.69) is 50.3 Å². The Labute approximate surface area is 431 Å². The van der Waals surface area contributed by atoms with E-state index in [0.717, 1.165) is 44.9 Å². The summed E-state index contributed by atoms with van der Waals surface area (Å²) in [6, 6.07) is 0. The Kier molecular flexibility index (Phi) is 58.8. The van der Waals surface area contributed by atoms with Gasteiger partial charge in [-0.3, -0.25) is 9.59 Å². The summed E-state index contributed by atoms with van der Waals surface area (Å²) in [5.74, 6) is -0.577. The minimum Gasteiger partial charge on any atom is -0.462 e. The third-order valence-electron chi connectivity index (χ3n) is 14.2. The van der Waals surface area contributed by atoms with Crippen LogP contribution >= 0.6 is 0 Å². The molecular weight excluding hydrogens is 849 g/mol. The lowest BCUT2D eigenvalue weighted by atomic mass is 10.0. The van der Waals surface area contributed by atoms with Crippen molar-refractivity contribution in [3.05, 3.63) is 36.5 Å². The highest BCUT2D eigenvalue weighted by molar-refractivity contribution is 5.70. The van der Waals surface area contributed by atoms with Crippen LogP contribution in [0, 0.1) is 0 Å². The van der Waals surface area contributed by atoms with Gasteiger partial charge in [0.25, 0.3) is 0 Å². The standard InChI is InChI=1S/C64H120O5/c1-3-5-7-9-11-13-15-17-19-21-23-24-25-26-27-28-29-30-31-32-33-34-35-36-37-38-39-40-41-43-45-47-49-51-53-55-57-59-64(67)69-62(60-65)61-68-63(66)58-56-54-52-50-48-46-44-42-22-20-18-16-14-12-10-8-6-4-2/h15,17,20-23,62,65H,3-14,16,18-19,24-61H2,1-2H3/b17-15-,22-20-,23-21-. The van der Waals surface area contributed by atoms with Crippen LogP contribution in [0.3, 0.4) is 0 Å². The van der Waals surface area contributed by atoms with Crippen molar-refractivity contribution in [2.45, 2.75) is 347 Å². The van der Waals surface area contributed by atoms with Crippen molar-refractivity contribution < 1.29 is 24.2 Å². The van der Waals surface area contributed by atoms with Gasteiger partial charge in [0.2, 0.25) is 0 Å². The highest BCUT2D eigenvalue weighted by Gasteiger charge is 2.16. The predicted octanol–water partition coefficient (Wildman–Crippen LogP) is 21.0. The first-order chi connectivity index (χ1) is 34.1. The van der Waals surface area contributed by atoms with Crippen LogP contribution in [0.1, 0.15) is 341 Å². The molecule has 0 aliphatic heterocycles. The number of aliphatic hydroxyl groups is 1. The Bertz CT molecular complexity index is 1100. The molecule has 1 N–H and O–H groups in total. The largest absolute Gasteiger partial charge is 0.462 e. The molecule has 69 heavy (non-hydrogen) atoms. The highest BCUT2D eigenvalue weighted by Crippen LogP contribution is 2.18. The number of rotatable bonds is 58. The van der Waals surface area contributed by atoms with Crippen molar-refractivity contribution in [2.75, 3.05) is 13.2 Å². The summed E-state index contributed by atoms with van der Waals surface area (Å²) in [4.78, 5) is 24.5. The summed E-state index contributed by atoms with van der Waals surface area (Å²) >= 11 is 0. The number of hydrogen-bond acceptors (Lipinski definition) is 5. The van der Waals surface area contributed by atoms with Crippen LogP contribution in [0.5, 0.6) is 0 Å². The number of carbonyl (C=O) groups excluding carboxylic acids is 2. The van der Waals surface area contributed by atoms with Gasteiger partial charge in [-0.15, -0.1) is 0 Å². The van der Waals surface area contributed by atoms with Gasteiger partial charge in [0.1, 0.15) is 6.61 Å². The van der Waals surface area contributed by atoms with Crippen LogP contribution in [-0.4, -0.2) is 36.4 Å². The fraction of sp³-hybridized carbons (Fsp3) is 0.875. The van der Waals surface area contributed by atoms with Crippen LogP contribution in [0.4, 0.5) is 0 Å². The molecule has 0 aromatic carbocycles. The van der Waals surface area contributed by atoms with Gasteiger partial charge in [0.05, 0.1) is 6.61 Å². The summed E-state index contributed by atoms with van der Waals surface area (Å²) in [7, 11) is 0. The molecular formula is C64H120O5. The van der Waals surface area contributed by atoms with Crippen molar-refractivity contribution >= 4 is 11.9 Å². The number of aliphatic hydroxyl groups excluding tert-OH is 1. The third kappa shape index (κ3) is 58.6. The highest BCUT2D eigenvalue weighted by atomic mass is 16.6. The lowest BCUT2D eigenvalue weighted by molar-refractivity contribution is -0.161. The zero-order valence-corrected chi connectivity index (χ0v) is 46.6. The summed E-state index contributed by atoms with van der Waals surface area (Å²) in [5, 5.41) is 9.66. The maximum atomic E-state index is 12.3. The van der Waals surface area contributed by atoms with Gasteiger partial charge >= 0.3 is 11.9 Å². The van der Waals surface area contributed by atoms with E-state index < -0.39 is 6.10 Å². The van der Waals surface area contributed by atoms with Gasteiger partial charge in [-0.05, 0) is 70.6 Å². The van der Waals surface area contributed by atoms with Crippen molar-refractivity contribution in [1.82, 2.24) is 0 Å². The molecule has 1 atom stereocenters. The zero-order valence-electron chi connectivity index (χ0n) is 46.6. The monoisotopic (exact) mass is 969 g/mol. The molecule has 0 amide bonds. The van der Waals surface area contributed by atoms with Gasteiger partial charge in [-0.25, -0.2) is 0 Å².